The van der Waals surface area contributed by atoms with Crippen LogP contribution in [0.25, 0.3) is 10.1 Å². The molecule has 138 valence electrons. The summed E-state index contributed by atoms with van der Waals surface area (Å²) < 4.78 is 0.895. The summed E-state index contributed by atoms with van der Waals surface area (Å²) in [4.78, 5) is 28.2. The van der Waals surface area contributed by atoms with Crippen molar-refractivity contribution in [1.29, 1.82) is 0 Å². The Morgan fingerprint density at radius 3 is 2.48 bits per heavy atom. The third-order valence-electron chi connectivity index (χ3n) is 4.83. The van der Waals surface area contributed by atoms with Gasteiger partial charge in [-0.15, -0.1) is 11.3 Å². The summed E-state index contributed by atoms with van der Waals surface area (Å²) in [6.45, 7) is 3.98. The minimum Gasteiger partial charge on any atom is -0.335 e. The number of carbonyl (C=O) groups excluding carboxylic acids is 1. The summed E-state index contributed by atoms with van der Waals surface area (Å²) in [5.41, 5.74) is 1.33. The van der Waals surface area contributed by atoms with Crippen LogP contribution in [0.5, 0.6) is 0 Å². The van der Waals surface area contributed by atoms with E-state index in [1.54, 1.807) is 12.1 Å². The van der Waals surface area contributed by atoms with Crippen molar-refractivity contribution in [3.8, 4) is 0 Å². The number of non-ortho nitro benzene ring substituents is 1. The Morgan fingerprint density at radius 2 is 1.78 bits per heavy atom. The fourth-order valence-corrected chi connectivity index (χ4v) is 4.37. The number of nitro groups is 1. The number of rotatable bonds is 4. The van der Waals surface area contributed by atoms with E-state index in [2.05, 4.69) is 17.0 Å². The summed E-state index contributed by atoms with van der Waals surface area (Å²) in [5.74, 6) is 0.0122. The maximum absolute atomic E-state index is 12.8. The van der Waals surface area contributed by atoms with Gasteiger partial charge < -0.3 is 4.90 Å². The van der Waals surface area contributed by atoms with Crippen molar-refractivity contribution in [2.45, 2.75) is 6.54 Å². The number of fused-ring (bicyclic) bond motifs is 1. The van der Waals surface area contributed by atoms with Gasteiger partial charge in [-0.2, -0.15) is 0 Å². The lowest BCUT2D eigenvalue weighted by Crippen LogP contribution is -2.48. The molecule has 0 saturated carbocycles. The van der Waals surface area contributed by atoms with Crippen LogP contribution in [-0.2, 0) is 6.54 Å². The van der Waals surface area contributed by atoms with Gasteiger partial charge in [0.15, 0.2) is 0 Å². The summed E-state index contributed by atoms with van der Waals surface area (Å²) >= 11 is 1.40. The van der Waals surface area contributed by atoms with E-state index in [1.807, 2.05) is 23.1 Å². The first-order chi connectivity index (χ1) is 13.1. The van der Waals surface area contributed by atoms with Gasteiger partial charge in [-0.3, -0.25) is 19.8 Å². The van der Waals surface area contributed by atoms with Crippen LogP contribution in [0.4, 0.5) is 5.69 Å². The topological polar surface area (TPSA) is 66.7 Å². The minimum atomic E-state index is -0.412. The van der Waals surface area contributed by atoms with Crippen molar-refractivity contribution in [3.05, 3.63) is 75.2 Å². The molecule has 0 unspecified atom stereocenters. The fraction of sp³-hybridized carbons (Fsp3) is 0.250. The highest BCUT2D eigenvalue weighted by atomic mass is 32.1. The molecule has 1 aromatic heterocycles. The van der Waals surface area contributed by atoms with E-state index >= 15 is 0 Å². The molecule has 0 bridgehead atoms. The van der Waals surface area contributed by atoms with Gasteiger partial charge in [0.25, 0.3) is 11.6 Å². The van der Waals surface area contributed by atoms with E-state index in [0.717, 1.165) is 29.7 Å². The average Bonchev–Trinajstić information content (AvgIpc) is 3.12. The van der Waals surface area contributed by atoms with E-state index in [9.17, 15) is 14.9 Å². The SMILES string of the molecule is O=C(c1cc2cc([N+](=O)[O-])ccc2s1)N1CCN(Cc2ccccc2)CC1. The summed E-state index contributed by atoms with van der Waals surface area (Å²) in [6, 6.07) is 16.8. The van der Waals surface area contributed by atoms with Gasteiger partial charge in [0.05, 0.1) is 9.80 Å². The lowest BCUT2D eigenvalue weighted by molar-refractivity contribution is -0.384. The second-order valence-corrected chi connectivity index (χ2v) is 7.73. The minimum absolute atomic E-state index is 0.0122. The predicted octanol–water partition coefficient (Wildman–Crippen LogP) is 3.77. The average molecular weight is 381 g/mol. The molecule has 27 heavy (non-hydrogen) atoms. The molecule has 6 nitrogen and oxygen atoms in total. The molecule has 1 fully saturated rings. The van der Waals surface area contributed by atoms with Crippen LogP contribution in [-0.4, -0.2) is 46.8 Å². The van der Waals surface area contributed by atoms with Crippen LogP contribution in [0.3, 0.4) is 0 Å². The number of nitro benzene ring substituents is 1. The van der Waals surface area contributed by atoms with Gasteiger partial charge in [0, 0.05) is 54.9 Å². The second kappa shape index (κ2) is 7.46. The largest absolute Gasteiger partial charge is 0.335 e. The zero-order valence-corrected chi connectivity index (χ0v) is 15.5. The van der Waals surface area contributed by atoms with Gasteiger partial charge in [0.2, 0.25) is 0 Å². The molecule has 0 radical (unpaired) electrons. The molecule has 2 heterocycles. The van der Waals surface area contributed by atoms with Crippen molar-refractivity contribution in [3.63, 3.8) is 0 Å². The van der Waals surface area contributed by atoms with Crippen LogP contribution < -0.4 is 0 Å². The summed E-state index contributed by atoms with van der Waals surface area (Å²) in [5, 5.41) is 11.7. The molecule has 1 saturated heterocycles. The number of piperazine rings is 1. The van der Waals surface area contributed by atoms with Gasteiger partial charge in [-0.1, -0.05) is 30.3 Å². The number of amides is 1. The molecular formula is C20H19N3O3S. The molecule has 1 amide bonds. The maximum Gasteiger partial charge on any atom is 0.270 e. The normalized spacial score (nSPS) is 15.2. The van der Waals surface area contributed by atoms with E-state index < -0.39 is 4.92 Å². The zero-order valence-electron chi connectivity index (χ0n) is 14.7. The van der Waals surface area contributed by atoms with Gasteiger partial charge >= 0.3 is 0 Å². The number of hydrogen-bond acceptors (Lipinski definition) is 5. The number of carbonyl (C=O) groups is 1. The highest BCUT2D eigenvalue weighted by Crippen LogP contribution is 2.30. The Hall–Kier alpha value is -2.77. The first kappa shape index (κ1) is 17.6. The second-order valence-electron chi connectivity index (χ2n) is 6.64. The highest BCUT2D eigenvalue weighted by molar-refractivity contribution is 7.20. The van der Waals surface area contributed by atoms with Crippen LogP contribution in [0.1, 0.15) is 15.2 Å². The standard InChI is InChI=1S/C20H19N3O3S/c24-20(19-13-16-12-17(23(25)26)6-7-18(16)27-19)22-10-8-21(9-11-22)14-15-4-2-1-3-5-15/h1-7,12-13H,8-11,14H2. The lowest BCUT2D eigenvalue weighted by atomic mass is 10.2. The number of nitrogens with zero attached hydrogens (tertiary/aromatic N) is 3. The third-order valence-corrected chi connectivity index (χ3v) is 5.93. The summed E-state index contributed by atoms with van der Waals surface area (Å²) in [7, 11) is 0. The Kier molecular flexibility index (Phi) is 4.87. The van der Waals surface area contributed by atoms with Crippen molar-refractivity contribution in [2.75, 3.05) is 26.2 Å². The monoisotopic (exact) mass is 381 g/mol. The van der Waals surface area contributed by atoms with E-state index in [1.165, 1.54) is 29.0 Å². The summed E-state index contributed by atoms with van der Waals surface area (Å²) in [6.07, 6.45) is 0. The van der Waals surface area contributed by atoms with Crippen molar-refractivity contribution in [1.82, 2.24) is 9.80 Å². The van der Waals surface area contributed by atoms with Crippen molar-refractivity contribution in [2.24, 2.45) is 0 Å². The first-order valence-corrected chi connectivity index (χ1v) is 9.65. The van der Waals surface area contributed by atoms with Gasteiger partial charge in [-0.05, 0) is 17.7 Å². The molecule has 0 atom stereocenters. The third kappa shape index (κ3) is 3.84. The molecule has 0 spiro atoms. The Labute approximate surface area is 160 Å². The molecule has 0 aliphatic carbocycles. The number of hydrogen-bond donors (Lipinski definition) is 0. The lowest BCUT2D eigenvalue weighted by Gasteiger charge is -2.34. The Morgan fingerprint density at radius 1 is 1.04 bits per heavy atom. The van der Waals surface area contributed by atoms with Crippen molar-refractivity contribution < 1.29 is 9.72 Å². The van der Waals surface area contributed by atoms with E-state index in [0.29, 0.717) is 18.0 Å². The van der Waals surface area contributed by atoms with Crippen LogP contribution >= 0.6 is 11.3 Å². The van der Waals surface area contributed by atoms with Crippen molar-refractivity contribution >= 4 is 33.0 Å². The molecule has 7 heteroatoms. The first-order valence-electron chi connectivity index (χ1n) is 8.84. The van der Waals surface area contributed by atoms with Crippen LogP contribution in [0, 0.1) is 10.1 Å². The molecule has 3 aromatic rings. The molecule has 0 N–H and O–H groups in total. The van der Waals surface area contributed by atoms with E-state index in [-0.39, 0.29) is 11.6 Å². The number of benzene rings is 2. The zero-order chi connectivity index (χ0) is 18.8. The van der Waals surface area contributed by atoms with Gasteiger partial charge in [-0.25, -0.2) is 0 Å². The maximum atomic E-state index is 12.8. The Bertz CT molecular complexity index is 979. The molecule has 2 aromatic carbocycles. The predicted molar refractivity (Wildman–Crippen MR) is 106 cm³/mol. The van der Waals surface area contributed by atoms with Crippen LogP contribution in [0.2, 0.25) is 0 Å². The van der Waals surface area contributed by atoms with E-state index in [4.69, 9.17) is 0 Å². The highest BCUT2D eigenvalue weighted by Gasteiger charge is 2.23. The molecule has 4 rings (SSSR count). The molecule has 1 aliphatic heterocycles. The van der Waals surface area contributed by atoms with Crippen LogP contribution in [0.15, 0.2) is 54.6 Å². The fourth-order valence-electron chi connectivity index (χ4n) is 3.36. The smallest absolute Gasteiger partial charge is 0.270 e. The molecule has 1 aliphatic rings. The molecular weight excluding hydrogens is 362 g/mol. The number of thiophene rings is 1. The Balaban J connectivity index is 1.42. The van der Waals surface area contributed by atoms with Gasteiger partial charge in [0.1, 0.15) is 0 Å². The quantitative estimate of drug-likeness (QED) is 0.510.